The van der Waals surface area contributed by atoms with Gasteiger partial charge in [0.2, 0.25) is 0 Å². The molecule has 0 atom stereocenters. The minimum Gasteiger partial charge on any atom is -0.462 e. The molecule has 15 heavy (non-hydrogen) atoms. The molecular formula is C12H22O3. The van der Waals surface area contributed by atoms with E-state index < -0.39 is 0 Å². The second-order valence-corrected chi connectivity index (χ2v) is 3.90. The molecule has 0 N–H and O–H groups in total. The van der Waals surface area contributed by atoms with E-state index in [0.717, 1.165) is 25.9 Å². The second-order valence-electron chi connectivity index (χ2n) is 3.90. The van der Waals surface area contributed by atoms with Gasteiger partial charge in [-0.15, -0.1) is 0 Å². The fourth-order valence-electron chi connectivity index (χ4n) is 0.988. The molecule has 0 aliphatic carbocycles. The number of hydrogen-bond acceptors (Lipinski definition) is 3. The Morgan fingerprint density at radius 2 is 1.80 bits per heavy atom. The van der Waals surface area contributed by atoms with Gasteiger partial charge in [-0.05, 0) is 40.0 Å². The minimum absolute atomic E-state index is 0.297. The van der Waals surface area contributed by atoms with Crippen molar-refractivity contribution in [3.8, 4) is 0 Å². The number of rotatable bonds is 8. The molecule has 0 aliphatic heterocycles. The highest BCUT2D eigenvalue weighted by molar-refractivity contribution is 5.86. The number of unbranched alkanes of at least 4 members (excludes halogenated alkanes) is 2. The third-order valence-electron chi connectivity index (χ3n) is 1.82. The highest BCUT2D eigenvalue weighted by atomic mass is 16.5. The van der Waals surface area contributed by atoms with E-state index in [-0.39, 0.29) is 5.97 Å². The average Bonchev–Trinajstić information content (AvgIpc) is 2.15. The van der Waals surface area contributed by atoms with Crippen LogP contribution in [0.15, 0.2) is 12.2 Å². The van der Waals surface area contributed by atoms with Crippen molar-refractivity contribution in [1.82, 2.24) is 0 Å². The van der Waals surface area contributed by atoms with Gasteiger partial charge in [0.25, 0.3) is 0 Å². The standard InChI is InChI=1S/C12H22O3/c1-10(2)12(13)15-9-7-5-6-8-14-11(3)4/h11H,1,5-9H2,2-4H3. The van der Waals surface area contributed by atoms with Crippen LogP contribution in [0.2, 0.25) is 0 Å². The van der Waals surface area contributed by atoms with Gasteiger partial charge in [0.1, 0.15) is 0 Å². The van der Waals surface area contributed by atoms with Crippen LogP contribution in [0.5, 0.6) is 0 Å². The molecule has 0 aromatic rings. The van der Waals surface area contributed by atoms with Crippen LogP contribution in [-0.2, 0) is 14.3 Å². The van der Waals surface area contributed by atoms with E-state index >= 15 is 0 Å². The van der Waals surface area contributed by atoms with Crippen molar-refractivity contribution in [3.05, 3.63) is 12.2 Å². The Morgan fingerprint density at radius 1 is 1.20 bits per heavy atom. The monoisotopic (exact) mass is 214 g/mol. The molecule has 0 saturated carbocycles. The summed E-state index contributed by atoms with van der Waals surface area (Å²) >= 11 is 0. The van der Waals surface area contributed by atoms with Crippen LogP contribution in [-0.4, -0.2) is 25.3 Å². The van der Waals surface area contributed by atoms with Gasteiger partial charge < -0.3 is 9.47 Å². The van der Waals surface area contributed by atoms with Gasteiger partial charge in [-0.25, -0.2) is 4.79 Å². The number of carbonyl (C=O) groups is 1. The van der Waals surface area contributed by atoms with Crippen LogP contribution >= 0.6 is 0 Å². The summed E-state index contributed by atoms with van der Waals surface area (Å²) in [7, 11) is 0. The molecule has 88 valence electrons. The van der Waals surface area contributed by atoms with Crippen LogP contribution in [0.3, 0.4) is 0 Å². The van der Waals surface area contributed by atoms with E-state index in [1.165, 1.54) is 0 Å². The largest absolute Gasteiger partial charge is 0.462 e. The SMILES string of the molecule is C=C(C)C(=O)OCCCCCOC(C)C. The van der Waals surface area contributed by atoms with Crippen LogP contribution in [0, 0.1) is 0 Å². The average molecular weight is 214 g/mol. The van der Waals surface area contributed by atoms with Crippen molar-refractivity contribution in [2.24, 2.45) is 0 Å². The quantitative estimate of drug-likeness (QED) is 0.354. The summed E-state index contributed by atoms with van der Waals surface area (Å²) in [4.78, 5) is 11.0. The molecule has 0 aromatic carbocycles. The first kappa shape index (κ1) is 14.2. The molecule has 0 rings (SSSR count). The summed E-state index contributed by atoms with van der Waals surface area (Å²) in [5.74, 6) is -0.298. The van der Waals surface area contributed by atoms with Gasteiger partial charge in [0.15, 0.2) is 0 Å². The van der Waals surface area contributed by atoms with Crippen molar-refractivity contribution in [3.63, 3.8) is 0 Å². The number of hydrogen-bond donors (Lipinski definition) is 0. The smallest absolute Gasteiger partial charge is 0.333 e. The van der Waals surface area contributed by atoms with Crippen molar-refractivity contribution in [2.45, 2.75) is 46.1 Å². The van der Waals surface area contributed by atoms with E-state index in [1.54, 1.807) is 6.92 Å². The van der Waals surface area contributed by atoms with Crippen LogP contribution < -0.4 is 0 Å². The predicted octanol–water partition coefficient (Wildman–Crippen LogP) is 2.70. The molecule has 0 unspecified atom stereocenters. The molecule has 0 fully saturated rings. The van der Waals surface area contributed by atoms with Crippen molar-refractivity contribution >= 4 is 5.97 Å². The van der Waals surface area contributed by atoms with Gasteiger partial charge in [-0.2, -0.15) is 0 Å². The zero-order valence-corrected chi connectivity index (χ0v) is 10.0. The van der Waals surface area contributed by atoms with Crippen LogP contribution in [0.25, 0.3) is 0 Å². The Balaban J connectivity index is 3.18. The number of ether oxygens (including phenoxy) is 2. The summed E-state index contributed by atoms with van der Waals surface area (Å²) in [5, 5.41) is 0. The van der Waals surface area contributed by atoms with E-state index in [1.807, 2.05) is 13.8 Å². The van der Waals surface area contributed by atoms with E-state index in [4.69, 9.17) is 9.47 Å². The highest BCUT2D eigenvalue weighted by Gasteiger charge is 2.01. The summed E-state index contributed by atoms with van der Waals surface area (Å²) in [6, 6.07) is 0. The van der Waals surface area contributed by atoms with Crippen LogP contribution in [0.4, 0.5) is 0 Å². The Hall–Kier alpha value is -0.830. The Bertz CT molecular complexity index is 197. The molecule has 3 heteroatoms. The molecule has 0 amide bonds. The molecule has 0 aromatic heterocycles. The van der Waals surface area contributed by atoms with Gasteiger partial charge in [0, 0.05) is 12.2 Å². The maximum Gasteiger partial charge on any atom is 0.333 e. The van der Waals surface area contributed by atoms with Crippen LogP contribution in [0.1, 0.15) is 40.0 Å². The molecule has 0 bridgehead atoms. The zero-order valence-electron chi connectivity index (χ0n) is 10.0. The molecular weight excluding hydrogens is 192 g/mol. The fourth-order valence-corrected chi connectivity index (χ4v) is 0.988. The molecule has 0 heterocycles. The van der Waals surface area contributed by atoms with Gasteiger partial charge >= 0.3 is 5.97 Å². The van der Waals surface area contributed by atoms with Crippen molar-refractivity contribution in [2.75, 3.05) is 13.2 Å². The van der Waals surface area contributed by atoms with Gasteiger partial charge in [-0.1, -0.05) is 6.58 Å². The first-order valence-electron chi connectivity index (χ1n) is 5.48. The maximum atomic E-state index is 11.0. The summed E-state index contributed by atoms with van der Waals surface area (Å²) in [6.07, 6.45) is 3.23. The lowest BCUT2D eigenvalue weighted by atomic mass is 10.2. The van der Waals surface area contributed by atoms with E-state index in [2.05, 4.69) is 6.58 Å². The summed E-state index contributed by atoms with van der Waals surface area (Å²) in [5.41, 5.74) is 0.457. The lowest BCUT2D eigenvalue weighted by Crippen LogP contribution is -2.07. The first-order chi connectivity index (χ1) is 7.04. The lowest BCUT2D eigenvalue weighted by Gasteiger charge is -2.07. The molecule has 0 saturated heterocycles. The fraction of sp³-hybridized carbons (Fsp3) is 0.750. The molecule has 0 spiro atoms. The third kappa shape index (κ3) is 9.47. The highest BCUT2D eigenvalue weighted by Crippen LogP contribution is 2.00. The normalized spacial score (nSPS) is 10.4. The van der Waals surface area contributed by atoms with Crippen molar-refractivity contribution < 1.29 is 14.3 Å². The van der Waals surface area contributed by atoms with Gasteiger partial charge in [0.05, 0.1) is 12.7 Å². The number of esters is 1. The minimum atomic E-state index is -0.298. The third-order valence-corrected chi connectivity index (χ3v) is 1.82. The molecule has 0 radical (unpaired) electrons. The Kier molecular flexibility index (Phi) is 8.01. The van der Waals surface area contributed by atoms with Gasteiger partial charge in [-0.3, -0.25) is 0 Å². The van der Waals surface area contributed by atoms with E-state index in [0.29, 0.717) is 18.3 Å². The number of carbonyl (C=O) groups excluding carboxylic acids is 1. The summed E-state index contributed by atoms with van der Waals surface area (Å²) in [6.45, 7) is 10.5. The lowest BCUT2D eigenvalue weighted by molar-refractivity contribution is -0.139. The predicted molar refractivity (Wildman–Crippen MR) is 60.7 cm³/mol. The first-order valence-corrected chi connectivity index (χ1v) is 5.48. The molecule has 3 nitrogen and oxygen atoms in total. The Labute approximate surface area is 92.5 Å². The maximum absolute atomic E-state index is 11.0. The van der Waals surface area contributed by atoms with Crippen molar-refractivity contribution in [1.29, 1.82) is 0 Å². The van der Waals surface area contributed by atoms with E-state index in [9.17, 15) is 4.79 Å². The summed E-state index contributed by atoms with van der Waals surface area (Å²) < 4.78 is 10.3. The topological polar surface area (TPSA) is 35.5 Å². The molecule has 0 aliphatic rings. The second kappa shape index (κ2) is 8.48. The zero-order chi connectivity index (χ0) is 11.7. The Morgan fingerprint density at radius 3 is 2.33 bits per heavy atom.